The van der Waals surface area contributed by atoms with E-state index in [9.17, 15) is 4.79 Å². The standard InChI is InChI=1S/C25H25N3O2/c1-17-10-8-12-20(19(17)3)27-25(29)15-28-22-13-6-5-11-21(22)26-24(28)16-30-23-14-7-4-9-18(23)2/h4-14H,15-16H2,1-3H3,(H,27,29). The van der Waals surface area contributed by atoms with Crippen molar-refractivity contribution in [2.75, 3.05) is 5.32 Å². The second-order valence-electron chi connectivity index (χ2n) is 7.45. The first kappa shape index (κ1) is 19.7. The van der Waals surface area contributed by atoms with Gasteiger partial charge in [0.25, 0.3) is 0 Å². The smallest absolute Gasteiger partial charge is 0.244 e. The van der Waals surface area contributed by atoms with Crippen LogP contribution in [0.5, 0.6) is 5.75 Å². The van der Waals surface area contributed by atoms with Gasteiger partial charge in [-0.05, 0) is 61.7 Å². The summed E-state index contributed by atoms with van der Waals surface area (Å²) in [6.45, 7) is 6.51. The largest absolute Gasteiger partial charge is 0.485 e. The molecule has 0 fully saturated rings. The highest BCUT2D eigenvalue weighted by Gasteiger charge is 2.15. The van der Waals surface area contributed by atoms with Crippen LogP contribution in [0.2, 0.25) is 0 Å². The molecule has 4 aromatic rings. The first-order valence-electron chi connectivity index (χ1n) is 10.0. The minimum Gasteiger partial charge on any atom is -0.485 e. The number of imidazole rings is 1. The zero-order chi connectivity index (χ0) is 21.1. The number of nitrogens with one attached hydrogen (secondary N) is 1. The topological polar surface area (TPSA) is 56.2 Å². The zero-order valence-electron chi connectivity index (χ0n) is 17.5. The lowest BCUT2D eigenvalue weighted by Crippen LogP contribution is -2.21. The van der Waals surface area contributed by atoms with Crippen molar-refractivity contribution in [1.29, 1.82) is 0 Å². The summed E-state index contributed by atoms with van der Waals surface area (Å²) in [7, 11) is 0. The lowest BCUT2D eigenvalue weighted by atomic mass is 10.1. The number of rotatable bonds is 6. The van der Waals surface area contributed by atoms with Crippen LogP contribution in [0.3, 0.4) is 0 Å². The van der Waals surface area contributed by atoms with Crippen molar-refractivity contribution < 1.29 is 9.53 Å². The van der Waals surface area contributed by atoms with Crippen LogP contribution in [-0.2, 0) is 17.9 Å². The van der Waals surface area contributed by atoms with E-state index in [0.717, 1.165) is 45.0 Å². The van der Waals surface area contributed by atoms with Crippen molar-refractivity contribution in [2.45, 2.75) is 33.9 Å². The van der Waals surface area contributed by atoms with E-state index < -0.39 is 0 Å². The molecular weight excluding hydrogens is 374 g/mol. The van der Waals surface area contributed by atoms with E-state index in [1.54, 1.807) is 0 Å². The van der Waals surface area contributed by atoms with Crippen molar-refractivity contribution in [3.8, 4) is 5.75 Å². The van der Waals surface area contributed by atoms with Gasteiger partial charge in [-0.15, -0.1) is 0 Å². The maximum Gasteiger partial charge on any atom is 0.244 e. The fraction of sp³-hybridized carbons (Fsp3) is 0.200. The summed E-state index contributed by atoms with van der Waals surface area (Å²) in [5, 5.41) is 3.04. The maximum absolute atomic E-state index is 12.9. The quantitative estimate of drug-likeness (QED) is 0.486. The number of benzene rings is 3. The Morgan fingerprint density at radius 3 is 2.50 bits per heavy atom. The monoisotopic (exact) mass is 399 g/mol. The number of ether oxygens (including phenoxy) is 1. The van der Waals surface area contributed by atoms with Crippen molar-refractivity contribution in [3.63, 3.8) is 0 Å². The Kier molecular flexibility index (Phi) is 5.53. The fourth-order valence-corrected chi connectivity index (χ4v) is 3.49. The molecule has 0 aliphatic rings. The van der Waals surface area contributed by atoms with Crippen molar-refractivity contribution in [3.05, 3.63) is 89.2 Å². The number of hydrogen-bond acceptors (Lipinski definition) is 3. The molecule has 30 heavy (non-hydrogen) atoms. The van der Waals surface area contributed by atoms with Crippen LogP contribution in [0.4, 0.5) is 5.69 Å². The van der Waals surface area contributed by atoms with Gasteiger partial charge in [-0.2, -0.15) is 0 Å². The molecule has 1 heterocycles. The summed E-state index contributed by atoms with van der Waals surface area (Å²) >= 11 is 0. The number of para-hydroxylation sites is 3. The van der Waals surface area contributed by atoms with Crippen molar-refractivity contribution >= 4 is 22.6 Å². The summed E-state index contributed by atoms with van der Waals surface area (Å²) < 4.78 is 7.94. The lowest BCUT2D eigenvalue weighted by molar-refractivity contribution is -0.116. The molecule has 4 rings (SSSR count). The van der Waals surface area contributed by atoms with Gasteiger partial charge in [-0.3, -0.25) is 4.79 Å². The second kappa shape index (κ2) is 8.41. The Labute approximate surface area is 176 Å². The van der Waals surface area contributed by atoms with Gasteiger partial charge in [0.15, 0.2) is 0 Å². The van der Waals surface area contributed by atoms with Crippen LogP contribution in [0.1, 0.15) is 22.5 Å². The predicted octanol–water partition coefficient (Wildman–Crippen LogP) is 5.18. The lowest BCUT2D eigenvalue weighted by Gasteiger charge is -2.13. The average Bonchev–Trinajstić information content (AvgIpc) is 3.08. The van der Waals surface area contributed by atoms with Crippen molar-refractivity contribution in [1.82, 2.24) is 9.55 Å². The van der Waals surface area contributed by atoms with Crippen LogP contribution in [-0.4, -0.2) is 15.5 Å². The van der Waals surface area contributed by atoms with E-state index in [0.29, 0.717) is 0 Å². The van der Waals surface area contributed by atoms with E-state index in [2.05, 4.69) is 5.32 Å². The summed E-state index contributed by atoms with van der Waals surface area (Å²) in [5.74, 6) is 1.44. The van der Waals surface area contributed by atoms with Crippen molar-refractivity contribution in [2.24, 2.45) is 0 Å². The molecule has 1 N–H and O–H groups in total. The number of carbonyl (C=O) groups excluding carboxylic acids is 1. The molecular formula is C25H25N3O2. The molecule has 3 aromatic carbocycles. The van der Waals surface area contributed by atoms with E-state index in [1.807, 2.05) is 92.1 Å². The van der Waals surface area contributed by atoms with Gasteiger partial charge in [0.05, 0.1) is 11.0 Å². The van der Waals surface area contributed by atoms with Gasteiger partial charge in [0, 0.05) is 5.69 Å². The minimum atomic E-state index is -0.0935. The minimum absolute atomic E-state index is 0.0935. The molecule has 0 spiro atoms. The summed E-state index contributed by atoms with van der Waals surface area (Å²) in [4.78, 5) is 17.6. The third kappa shape index (κ3) is 4.06. The highest BCUT2D eigenvalue weighted by Crippen LogP contribution is 2.22. The number of nitrogens with zero attached hydrogens (tertiary/aromatic N) is 2. The Balaban J connectivity index is 1.59. The molecule has 0 saturated carbocycles. The number of carbonyl (C=O) groups is 1. The van der Waals surface area contributed by atoms with Gasteiger partial charge in [-0.25, -0.2) is 4.98 Å². The zero-order valence-corrected chi connectivity index (χ0v) is 17.5. The van der Waals surface area contributed by atoms with Crippen LogP contribution < -0.4 is 10.1 Å². The Hall–Kier alpha value is -3.60. The van der Waals surface area contributed by atoms with E-state index >= 15 is 0 Å². The summed E-state index contributed by atoms with van der Waals surface area (Å²) in [6, 6.07) is 21.6. The number of fused-ring (bicyclic) bond motifs is 1. The van der Waals surface area contributed by atoms with Crippen LogP contribution in [0.15, 0.2) is 66.7 Å². The van der Waals surface area contributed by atoms with Gasteiger partial charge in [0.1, 0.15) is 24.7 Å². The number of amides is 1. The van der Waals surface area contributed by atoms with E-state index in [4.69, 9.17) is 9.72 Å². The number of aryl methyl sites for hydroxylation is 2. The number of hydrogen-bond donors (Lipinski definition) is 1. The van der Waals surface area contributed by atoms with Gasteiger partial charge < -0.3 is 14.6 Å². The third-order valence-electron chi connectivity index (χ3n) is 5.36. The molecule has 0 saturated heterocycles. The molecule has 0 unspecified atom stereocenters. The Bertz CT molecular complexity index is 1210. The van der Waals surface area contributed by atoms with Gasteiger partial charge in [-0.1, -0.05) is 42.5 Å². The average molecular weight is 399 g/mol. The normalized spacial score (nSPS) is 10.9. The molecule has 0 radical (unpaired) electrons. The first-order valence-corrected chi connectivity index (χ1v) is 10.0. The van der Waals surface area contributed by atoms with Crippen LogP contribution in [0, 0.1) is 20.8 Å². The SMILES string of the molecule is Cc1ccccc1OCc1nc2ccccc2n1CC(=O)Nc1cccc(C)c1C. The molecule has 5 nitrogen and oxygen atoms in total. The Morgan fingerprint density at radius 1 is 0.933 bits per heavy atom. The van der Waals surface area contributed by atoms with Crippen LogP contribution in [0.25, 0.3) is 11.0 Å². The Morgan fingerprint density at radius 2 is 1.67 bits per heavy atom. The number of anilines is 1. The fourth-order valence-electron chi connectivity index (χ4n) is 3.49. The highest BCUT2D eigenvalue weighted by molar-refractivity contribution is 5.92. The van der Waals surface area contributed by atoms with Gasteiger partial charge in [0.2, 0.25) is 5.91 Å². The van der Waals surface area contributed by atoms with E-state index in [-0.39, 0.29) is 19.1 Å². The number of aromatic nitrogens is 2. The highest BCUT2D eigenvalue weighted by atomic mass is 16.5. The third-order valence-corrected chi connectivity index (χ3v) is 5.36. The molecule has 0 aliphatic carbocycles. The molecule has 0 aliphatic heterocycles. The maximum atomic E-state index is 12.9. The summed E-state index contributed by atoms with van der Waals surface area (Å²) in [6.07, 6.45) is 0. The summed E-state index contributed by atoms with van der Waals surface area (Å²) in [5.41, 5.74) is 5.88. The van der Waals surface area contributed by atoms with Gasteiger partial charge >= 0.3 is 0 Å². The van der Waals surface area contributed by atoms with Crippen LogP contribution >= 0.6 is 0 Å². The molecule has 152 valence electrons. The molecule has 0 bridgehead atoms. The molecule has 5 heteroatoms. The predicted molar refractivity (Wildman–Crippen MR) is 120 cm³/mol. The second-order valence-corrected chi connectivity index (χ2v) is 7.45. The van der Waals surface area contributed by atoms with E-state index in [1.165, 1.54) is 0 Å². The molecule has 1 amide bonds. The first-order chi connectivity index (χ1) is 14.5. The molecule has 0 atom stereocenters. The molecule has 1 aromatic heterocycles.